The first-order valence-electron chi connectivity index (χ1n) is 9.75. The number of hydrogen-bond donors (Lipinski definition) is 1. The van der Waals surface area contributed by atoms with Crippen molar-refractivity contribution in [2.75, 3.05) is 0 Å². The summed E-state index contributed by atoms with van der Waals surface area (Å²) in [6.45, 7) is 0. The van der Waals surface area contributed by atoms with Gasteiger partial charge in [0.25, 0.3) is 0 Å². The molecule has 26 heavy (non-hydrogen) atoms. The molecule has 0 amide bonds. The van der Waals surface area contributed by atoms with E-state index in [4.69, 9.17) is 5.11 Å². The highest BCUT2D eigenvalue weighted by Gasteiger charge is 1.99. The highest BCUT2D eigenvalue weighted by atomic mass is 32.1. The van der Waals surface area contributed by atoms with E-state index in [1.165, 1.54) is 60.3 Å². The molecule has 1 heterocycles. The SMILES string of the molecule is O=C(O)CCC=Cc1ccc(CCCCCCCCc2ccccc2)s1. The van der Waals surface area contributed by atoms with Crippen LogP contribution in [0.3, 0.4) is 0 Å². The Labute approximate surface area is 161 Å². The highest BCUT2D eigenvalue weighted by Crippen LogP contribution is 2.21. The maximum absolute atomic E-state index is 10.5. The second kappa shape index (κ2) is 12.5. The molecule has 0 aliphatic rings. The summed E-state index contributed by atoms with van der Waals surface area (Å²) in [4.78, 5) is 13.1. The maximum atomic E-state index is 10.5. The summed E-state index contributed by atoms with van der Waals surface area (Å²) in [7, 11) is 0. The third-order valence-corrected chi connectivity index (χ3v) is 5.58. The molecule has 0 saturated carbocycles. The van der Waals surface area contributed by atoms with Gasteiger partial charge in [0.15, 0.2) is 0 Å². The third-order valence-electron chi connectivity index (χ3n) is 4.47. The molecule has 1 N–H and O–H groups in total. The van der Waals surface area contributed by atoms with E-state index in [-0.39, 0.29) is 6.42 Å². The molecule has 3 heteroatoms. The smallest absolute Gasteiger partial charge is 0.303 e. The van der Waals surface area contributed by atoms with Gasteiger partial charge in [-0.25, -0.2) is 0 Å². The van der Waals surface area contributed by atoms with Gasteiger partial charge in [-0.3, -0.25) is 4.79 Å². The van der Waals surface area contributed by atoms with Gasteiger partial charge in [-0.05, 0) is 55.9 Å². The monoisotopic (exact) mass is 370 g/mol. The number of aliphatic carboxylic acids is 1. The van der Waals surface area contributed by atoms with E-state index < -0.39 is 5.97 Å². The number of aryl methyl sites for hydroxylation is 2. The zero-order chi connectivity index (χ0) is 18.5. The van der Waals surface area contributed by atoms with E-state index in [0.717, 1.165) is 6.42 Å². The first-order valence-corrected chi connectivity index (χ1v) is 10.6. The lowest BCUT2D eigenvalue weighted by atomic mass is 10.0. The quantitative estimate of drug-likeness (QED) is 0.396. The summed E-state index contributed by atoms with van der Waals surface area (Å²) in [5, 5.41) is 8.62. The van der Waals surface area contributed by atoms with Crippen LogP contribution in [0.15, 0.2) is 48.5 Å². The minimum atomic E-state index is -0.735. The van der Waals surface area contributed by atoms with Gasteiger partial charge in [0.2, 0.25) is 0 Å². The van der Waals surface area contributed by atoms with Gasteiger partial charge in [0.05, 0.1) is 0 Å². The standard InChI is InChI=1S/C23H30O2S/c24-23(25)17-11-10-16-22-19-18-21(26-22)15-9-4-2-1-3-6-12-20-13-7-5-8-14-20/h5,7-8,10,13-14,16,18-19H,1-4,6,9,11-12,15,17H2,(H,24,25). The number of benzene rings is 1. The van der Waals surface area contributed by atoms with E-state index >= 15 is 0 Å². The second-order valence-corrected chi connectivity index (χ2v) is 7.95. The molecule has 0 atom stereocenters. The average molecular weight is 371 g/mol. The summed E-state index contributed by atoms with van der Waals surface area (Å²) in [6.07, 6.45) is 15.1. The first-order chi connectivity index (χ1) is 12.7. The molecule has 2 aromatic rings. The zero-order valence-corrected chi connectivity index (χ0v) is 16.3. The molecule has 0 unspecified atom stereocenters. The van der Waals surface area contributed by atoms with Crippen molar-refractivity contribution in [2.24, 2.45) is 0 Å². The number of rotatable bonds is 13. The molecule has 0 aliphatic carbocycles. The summed E-state index contributed by atoms with van der Waals surface area (Å²) < 4.78 is 0. The first kappa shape index (κ1) is 20.4. The molecule has 0 fully saturated rings. The Kier molecular flexibility index (Phi) is 9.81. The van der Waals surface area contributed by atoms with Crippen LogP contribution in [0.2, 0.25) is 0 Å². The highest BCUT2D eigenvalue weighted by molar-refractivity contribution is 7.12. The van der Waals surface area contributed by atoms with Crippen LogP contribution in [-0.2, 0) is 17.6 Å². The molecule has 0 bridgehead atoms. The van der Waals surface area contributed by atoms with Crippen LogP contribution in [0.4, 0.5) is 0 Å². The summed E-state index contributed by atoms with van der Waals surface area (Å²) in [5.74, 6) is -0.735. The zero-order valence-electron chi connectivity index (χ0n) is 15.5. The van der Waals surface area contributed by atoms with Crippen molar-refractivity contribution in [2.45, 2.75) is 64.2 Å². The third kappa shape index (κ3) is 9.00. The Hall–Kier alpha value is -1.87. The second-order valence-electron chi connectivity index (χ2n) is 6.75. The van der Waals surface area contributed by atoms with Crippen molar-refractivity contribution < 1.29 is 9.90 Å². The molecule has 0 saturated heterocycles. The van der Waals surface area contributed by atoms with E-state index in [0.29, 0.717) is 6.42 Å². The number of hydrogen-bond acceptors (Lipinski definition) is 2. The molecule has 0 radical (unpaired) electrons. The fourth-order valence-electron chi connectivity index (χ4n) is 3.00. The average Bonchev–Trinajstić information content (AvgIpc) is 3.09. The topological polar surface area (TPSA) is 37.3 Å². The Morgan fingerprint density at radius 3 is 2.31 bits per heavy atom. The van der Waals surface area contributed by atoms with E-state index in [9.17, 15) is 4.79 Å². The largest absolute Gasteiger partial charge is 0.481 e. The fourth-order valence-corrected chi connectivity index (χ4v) is 3.99. The molecular formula is C23H30O2S. The minimum Gasteiger partial charge on any atom is -0.481 e. The van der Waals surface area contributed by atoms with E-state index in [1.54, 1.807) is 0 Å². The molecule has 140 valence electrons. The van der Waals surface area contributed by atoms with Crippen LogP contribution in [0.5, 0.6) is 0 Å². The van der Waals surface area contributed by atoms with Crippen molar-refractivity contribution in [3.05, 3.63) is 63.9 Å². The van der Waals surface area contributed by atoms with Crippen LogP contribution >= 0.6 is 11.3 Å². The fraction of sp³-hybridized carbons (Fsp3) is 0.435. The van der Waals surface area contributed by atoms with Crippen LogP contribution in [-0.4, -0.2) is 11.1 Å². The lowest BCUT2D eigenvalue weighted by molar-refractivity contribution is -0.136. The summed E-state index contributed by atoms with van der Waals surface area (Å²) in [5.41, 5.74) is 1.46. The van der Waals surface area contributed by atoms with E-state index in [1.807, 2.05) is 23.5 Å². The minimum absolute atomic E-state index is 0.208. The van der Waals surface area contributed by atoms with Crippen LogP contribution in [0, 0.1) is 0 Å². The molecular weight excluding hydrogens is 340 g/mol. The predicted octanol–water partition coefficient (Wildman–Crippen LogP) is 6.75. The van der Waals surface area contributed by atoms with Crippen molar-refractivity contribution in [3.63, 3.8) is 0 Å². The lowest BCUT2D eigenvalue weighted by Crippen LogP contribution is -1.91. The van der Waals surface area contributed by atoms with Gasteiger partial charge < -0.3 is 5.11 Å². The number of unbranched alkanes of at least 4 members (excludes halogenated alkanes) is 5. The molecule has 0 aliphatic heterocycles. The van der Waals surface area contributed by atoms with Gasteiger partial charge in [0.1, 0.15) is 0 Å². The van der Waals surface area contributed by atoms with Crippen LogP contribution in [0.1, 0.15) is 66.7 Å². The van der Waals surface area contributed by atoms with Crippen molar-refractivity contribution in [1.29, 1.82) is 0 Å². The van der Waals surface area contributed by atoms with Crippen molar-refractivity contribution in [1.82, 2.24) is 0 Å². The van der Waals surface area contributed by atoms with Gasteiger partial charge in [-0.2, -0.15) is 0 Å². The van der Waals surface area contributed by atoms with Crippen molar-refractivity contribution in [3.8, 4) is 0 Å². The van der Waals surface area contributed by atoms with Gasteiger partial charge in [0, 0.05) is 16.2 Å². The van der Waals surface area contributed by atoms with Gasteiger partial charge in [-0.15, -0.1) is 11.3 Å². The van der Waals surface area contributed by atoms with Crippen LogP contribution < -0.4 is 0 Å². The normalized spacial score (nSPS) is 11.2. The molecule has 2 rings (SSSR count). The molecule has 1 aromatic carbocycles. The Morgan fingerprint density at radius 2 is 1.58 bits per heavy atom. The van der Waals surface area contributed by atoms with E-state index in [2.05, 4.69) is 42.5 Å². The number of thiophene rings is 1. The summed E-state index contributed by atoms with van der Waals surface area (Å²) in [6, 6.07) is 15.1. The maximum Gasteiger partial charge on any atom is 0.303 e. The predicted molar refractivity (Wildman–Crippen MR) is 112 cm³/mol. The Bertz CT molecular complexity index is 658. The van der Waals surface area contributed by atoms with Gasteiger partial charge in [-0.1, -0.05) is 62.1 Å². The van der Waals surface area contributed by atoms with Crippen molar-refractivity contribution >= 4 is 23.4 Å². The van der Waals surface area contributed by atoms with Crippen LogP contribution in [0.25, 0.3) is 6.08 Å². The molecule has 0 spiro atoms. The summed E-state index contributed by atoms with van der Waals surface area (Å²) >= 11 is 1.83. The number of carboxylic acids is 1. The molecule has 1 aromatic heterocycles. The number of allylic oxidation sites excluding steroid dienone is 1. The number of carboxylic acid groups (broad SMARTS) is 1. The number of carbonyl (C=O) groups is 1. The Balaban J connectivity index is 1.49. The lowest BCUT2D eigenvalue weighted by Gasteiger charge is -2.02. The Morgan fingerprint density at radius 1 is 0.885 bits per heavy atom. The van der Waals surface area contributed by atoms with Gasteiger partial charge >= 0.3 is 5.97 Å². The molecule has 2 nitrogen and oxygen atoms in total.